The van der Waals surface area contributed by atoms with Crippen LogP contribution >= 0.6 is 23.2 Å². The predicted molar refractivity (Wildman–Crippen MR) is 98.6 cm³/mol. The third-order valence-corrected chi connectivity index (χ3v) is 4.47. The monoisotopic (exact) mass is 393 g/mol. The Kier molecular flexibility index (Phi) is 5.15. The van der Waals surface area contributed by atoms with Crippen LogP contribution in [-0.4, -0.2) is 11.9 Å². The Bertz CT molecular complexity index is 930. The number of nitrogens with one attached hydrogen (secondary N) is 3. The SMILES string of the molecule is CC1=C(C(=O)Nc2ccccc2F)[C@H](c2ccc(Cl)cc2Cl)NC(=O)N1. The summed E-state index contributed by atoms with van der Waals surface area (Å²) in [5.74, 6) is -1.12. The second-order valence-electron chi connectivity index (χ2n) is 5.67. The van der Waals surface area contributed by atoms with E-state index in [1.54, 1.807) is 25.1 Å². The number of carbonyl (C=O) groups is 2. The number of rotatable bonds is 3. The normalized spacial score (nSPS) is 16.8. The Labute approximate surface area is 159 Å². The number of amides is 3. The number of hydrogen-bond acceptors (Lipinski definition) is 2. The van der Waals surface area contributed by atoms with Crippen LogP contribution < -0.4 is 16.0 Å². The van der Waals surface area contributed by atoms with E-state index in [2.05, 4.69) is 16.0 Å². The molecular formula is C18H14Cl2FN3O2. The van der Waals surface area contributed by atoms with Gasteiger partial charge in [0, 0.05) is 15.7 Å². The number of carbonyl (C=O) groups excluding carboxylic acids is 2. The van der Waals surface area contributed by atoms with E-state index in [1.807, 2.05) is 0 Å². The molecule has 0 bridgehead atoms. The maximum atomic E-state index is 13.9. The summed E-state index contributed by atoms with van der Waals surface area (Å²) in [6.45, 7) is 1.59. The molecular weight excluding hydrogens is 380 g/mol. The van der Waals surface area contributed by atoms with Crippen LogP contribution in [-0.2, 0) is 4.79 Å². The molecule has 0 aromatic heterocycles. The minimum absolute atomic E-state index is 0.0376. The zero-order valence-electron chi connectivity index (χ0n) is 13.6. The Morgan fingerprint density at radius 3 is 2.62 bits per heavy atom. The number of halogens is 3. The van der Waals surface area contributed by atoms with Gasteiger partial charge in [0.05, 0.1) is 17.3 Å². The van der Waals surface area contributed by atoms with E-state index >= 15 is 0 Å². The molecule has 134 valence electrons. The molecule has 2 aromatic carbocycles. The molecule has 5 nitrogen and oxygen atoms in total. The summed E-state index contributed by atoms with van der Waals surface area (Å²) in [4.78, 5) is 24.7. The topological polar surface area (TPSA) is 70.2 Å². The Hall–Kier alpha value is -2.57. The first-order valence-corrected chi connectivity index (χ1v) is 8.41. The first-order chi connectivity index (χ1) is 12.4. The molecule has 26 heavy (non-hydrogen) atoms. The third kappa shape index (κ3) is 3.66. The van der Waals surface area contributed by atoms with Gasteiger partial charge in [0.15, 0.2) is 0 Å². The summed E-state index contributed by atoms with van der Waals surface area (Å²) in [7, 11) is 0. The van der Waals surface area contributed by atoms with E-state index in [0.717, 1.165) is 0 Å². The van der Waals surface area contributed by atoms with Gasteiger partial charge in [0.25, 0.3) is 5.91 Å². The zero-order chi connectivity index (χ0) is 18.8. The van der Waals surface area contributed by atoms with Gasteiger partial charge < -0.3 is 16.0 Å². The van der Waals surface area contributed by atoms with Gasteiger partial charge in [-0.3, -0.25) is 4.79 Å². The van der Waals surface area contributed by atoms with Gasteiger partial charge >= 0.3 is 6.03 Å². The van der Waals surface area contributed by atoms with E-state index in [0.29, 0.717) is 21.3 Å². The van der Waals surface area contributed by atoms with Crippen molar-refractivity contribution in [2.24, 2.45) is 0 Å². The number of hydrogen-bond donors (Lipinski definition) is 3. The first-order valence-electron chi connectivity index (χ1n) is 7.66. The van der Waals surface area contributed by atoms with Crippen LogP contribution in [0.15, 0.2) is 53.7 Å². The highest BCUT2D eigenvalue weighted by Gasteiger charge is 2.32. The average molecular weight is 394 g/mol. The van der Waals surface area contributed by atoms with E-state index in [1.165, 1.54) is 24.3 Å². The van der Waals surface area contributed by atoms with Crippen molar-refractivity contribution in [2.45, 2.75) is 13.0 Å². The van der Waals surface area contributed by atoms with Crippen molar-refractivity contribution in [3.05, 3.63) is 75.2 Å². The lowest BCUT2D eigenvalue weighted by Crippen LogP contribution is -2.46. The fourth-order valence-electron chi connectivity index (χ4n) is 2.72. The largest absolute Gasteiger partial charge is 0.327 e. The molecule has 0 fully saturated rings. The Morgan fingerprint density at radius 2 is 1.92 bits per heavy atom. The molecule has 0 unspecified atom stereocenters. The van der Waals surface area contributed by atoms with Crippen molar-refractivity contribution in [1.82, 2.24) is 10.6 Å². The summed E-state index contributed by atoms with van der Waals surface area (Å²) in [5.41, 5.74) is 1.11. The van der Waals surface area contributed by atoms with E-state index in [4.69, 9.17) is 23.2 Å². The van der Waals surface area contributed by atoms with E-state index < -0.39 is 23.8 Å². The Morgan fingerprint density at radius 1 is 1.19 bits per heavy atom. The lowest BCUT2D eigenvalue weighted by Gasteiger charge is -2.29. The van der Waals surface area contributed by atoms with Crippen LogP contribution in [0.3, 0.4) is 0 Å². The van der Waals surface area contributed by atoms with Gasteiger partial charge in [-0.05, 0) is 36.8 Å². The molecule has 0 aliphatic carbocycles. The average Bonchev–Trinajstić information content (AvgIpc) is 2.56. The maximum absolute atomic E-state index is 13.9. The summed E-state index contributed by atoms with van der Waals surface area (Å²) < 4.78 is 13.9. The second kappa shape index (κ2) is 7.35. The molecule has 3 rings (SSSR count). The lowest BCUT2D eigenvalue weighted by atomic mass is 9.94. The van der Waals surface area contributed by atoms with Gasteiger partial charge in [-0.1, -0.05) is 41.4 Å². The van der Waals surface area contributed by atoms with Crippen molar-refractivity contribution < 1.29 is 14.0 Å². The summed E-state index contributed by atoms with van der Waals surface area (Å²) in [6.07, 6.45) is 0. The summed E-state index contributed by atoms with van der Waals surface area (Å²) in [6, 6.07) is 9.30. The van der Waals surface area contributed by atoms with E-state index in [-0.39, 0.29) is 11.3 Å². The number of anilines is 1. The van der Waals surface area contributed by atoms with Crippen LogP contribution in [0.5, 0.6) is 0 Å². The first kappa shape index (κ1) is 18.2. The second-order valence-corrected chi connectivity index (χ2v) is 6.51. The highest BCUT2D eigenvalue weighted by atomic mass is 35.5. The molecule has 1 heterocycles. The highest BCUT2D eigenvalue weighted by Crippen LogP contribution is 2.33. The molecule has 8 heteroatoms. The standard InChI is InChI=1S/C18H14Cl2FN3O2/c1-9-15(17(25)23-14-5-3-2-4-13(14)21)16(24-18(26)22-9)11-7-6-10(19)8-12(11)20/h2-8,16H,1H3,(H,23,25)(H2,22,24,26)/t16-/m0/s1. The molecule has 0 saturated carbocycles. The quantitative estimate of drug-likeness (QED) is 0.722. The zero-order valence-corrected chi connectivity index (χ0v) is 15.1. The van der Waals surface area contributed by atoms with Crippen LogP contribution in [0.25, 0.3) is 0 Å². The third-order valence-electron chi connectivity index (χ3n) is 3.91. The van der Waals surface area contributed by atoms with Gasteiger partial charge in [-0.25, -0.2) is 9.18 Å². The molecule has 3 N–H and O–H groups in total. The number of para-hydroxylation sites is 1. The molecule has 1 atom stereocenters. The van der Waals surface area contributed by atoms with Crippen molar-refractivity contribution >= 4 is 40.8 Å². The van der Waals surface area contributed by atoms with Crippen LogP contribution in [0, 0.1) is 5.82 Å². The van der Waals surface area contributed by atoms with Gasteiger partial charge in [0.2, 0.25) is 0 Å². The molecule has 3 amide bonds. The lowest BCUT2D eigenvalue weighted by molar-refractivity contribution is -0.113. The van der Waals surface area contributed by atoms with Crippen molar-refractivity contribution in [1.29, 1.82) is 0 Å². The predicted octanol–water partition coefficient (Wildman–Crippen LogP) is 4.40. The van der Waals surface area contributed by atoms with Crippen molar-refractivity contribution in [3.63, 3.8) is 0 Å². The van der Waals surface area contributed by atoms with Crippen molar-refractivity contribution in [2.75, 3.05) is 5.32 Å². The van der Waals surface area contributed by atoms with Gasteiger partial charge in [-0.15, -0.1) is 0 Å². The summed E-state index contributed by atoms with van der Waals surface area (Å²) in [5, 5.41) is 8.46. The Balaban J connectivity index is 2.00. The molecule has 2 aromatic rings. The molecule has 0 radical (unpaired) electrons. The van der Waals surface area contributed by atoms with Crippen LogP contribution in [0.4, 0.5) is 14.9 Å². The summed E-state index contributed by atoms with van der Waals surface area (Å²) >= 11 is 12.2. The highest BCUT2D eigenvalue weighted by molar-refractivity contribution is 6.35. The fraction of sp³-hybridized carbons (Fsp3) is 0.111. The number of benzene rings is 2. The van der Waals surface area contributed by atoms with Gasteiger partial charge in [-0.2, -0.15) is 0 Å². The minimum atomic E-state index is -0.805. The van der Waals surface area contributed by atoms with Gasteiger partial charge in [0.1, 0.15) is 5.82 Å². The van der Waals surface area contributed by atoms with Crippen LogP contribution in [0.2, 0.25) is 10.0 Å². The fourth-order valence-corrected chi connectivity index (χ4v) is 3.23. The number of allylic oxidation sites excluding steroid dienone is 1. The molecule has 0 spiro atoms. The van der Waals surface area contributed by atoms with Crippen LogP contribution in [0.1, 0.15) is 18.5 Å². The minimum Gasteiger partial charge on any atom is -0.327 e. The molecule has 1 aliphatic heterocycles. The van der Waals surface area contributed by atoms with E-state index in [9.17, 15) is 14.0 Å². The number of urea groups is 1. The molecule has 1 aliphatic rings. The molecule has 0 saturated heterocycles. The smallest absolute Gasteiger partial charge is 0.319 e. The maximum Gasteiger partial charge on any atom is 0.319 e. The van der Waals surface area contributed by atoms with Crippen molar-refractivity contribution in [3.8, 4) is 0 Å².